The van der Waals surface area contributed by atoms with Gasteiger partial charge in [-0.25, -0.2) is 0 Å². The number of ether oxygens (including phenoxy) is 5. The number of esters is 4. The molecular formula is C43H55N3O9. The molecule has 12 nitrogen and oxygen atoms in total. The Hall–Kier alpha value is -4.52. The first-order chi connectivity index (χ1) is 26.4. The van der Waals surface area contributed by atoms with Crippen LogP contribution in [0.1, 0.15) is 88.3 Å². The van der Waals surface area contributed by atoms with Gasteiger partial charge in [0.15, 0.2) is 24.5 Å². The van der Waals surface area contributed by atoms with Crippen molar-refractivity contribution in [2.24, 2.45) is 5.41 Å². The SMILES string of the molecule is CC(=O)OC[C@H]1O[C@@H](n2cc(Cc3ccc(C=CCCN4CCCC5(CCNCC5)C4)cc3)c3c(C)cccc32)[C@H](OC(C)=O)[C@@H](OC(C)=O)[C@@H]1OC(C)=O. The second-order valence-electron chi connectivity index (χ2n) is 15.4. The van der Waals surface area contributed by atoms with Crippen molar-refractivity contribution in [3.8, 4) is 0 Å². The summed E-state index contributed by atoms with van der Waals surface area (Å²) in [5.41, 5.74) is 5.62. The van der Waals surface area contributed by atoms with Crippen LogP contribution in [-0.4, -0.2) is 97.1 Å². The summed E-state index contributed by atoms with van der Waals surface area (Å²) < 4.78 is 30.8. The van der Waals surface area contributed by atoms with Crippen molar-refractivity contribution in [2.45, 2.75) is 104 Å². The fourth-order valence-corrected chi connectivity index (χ4v) is 8.67. The van der Waals surface area contributed by atoms with Crippen molar-refractivity contribution < 1.29 is 42.9 Å². The molecule has 0 saturated carbocycles. The quantitative estimate of drug-likeness (QED) is 0.181. The number of aryl methyl sites for hydroxylation is 1. The number of carbonyl (C=O) groups is 4. The van der Waals surface area contributed by atoms with Crippen molar-refractivity contribution in [1.82, 2.24) is 14.8 Å². The summed E-state index contributed by atoms with van der Waals surface area (Å²) in [4.78, 5) is 51.7. The molecule has 0 unspecified atom stereocenters. The molecule has 1 spiro atoms. The Morgan fingerprint density at radius 3 is 2.25 bits per heavy atom. The molecule has 2 aromatic carbocycles. The maximum Gasteiger partial charge on any atom is 0.303 e. The van der Waals surface area contributed by atoms with Crippen LogP contribution in [0.25, 0.3) is 17.0 Å². The van der Waals surface area contributed by atoms with Gasteiger partial charge in [0, 0.05) is 52.4 Å². The Morgan fingerprint density at radius 2 is 1.56 bits per heavy atom. The Balaban J connectivity index is 1.23. The largest absolute Gasteiger partial charge is 0.463 e. The van der Waals surface area contributed by atoms with Gasteiger partial charge in [0.2, 0.25) is 0 Å². The molecule has 4 heterocycles. The molecule has 3 saturated heterocycles. The maximum atomic E-state index is 12.5. The van der Waals surface area contributed by atoms with Gasteiger partial charge in [-0.05, 0) is 98.8 Å². The van der Waals surface area contributed by atoms with E-state index in [0.29, 0.717) is 11.8 Å². The van der Waals surface area contributed by atoms with E-state index in [9.17, 15) is 19.2 Å². The van der Waals surface area contributed by atoms with Crippen LogP contribution >= 0.6 is 0 Å². The highest BCUT2D eigenvalue weighted by Crippen LogP contribution is 2.40. The number of nitrogens with zero attached hydrogens (tertiary/aromatic N) is 2. The molecule has 3 aliphatic rings. The molecule has 1 aromatic heterocycles. The average molecular weight is 758 g/mol. The number of benzene rings is 2. The minimum Gasteiger partial charge on any atom is -0.463 e. The first-order valence-corrected chi connectivity index (χ1v) is 19.5. The van der Waals surface area contributed by atoms with Gasteiger partial charge in [0.1, 0.15) is 12.7 Å². The number of carbonyl (C=O) groups excluding carboxylic acids is 4. The summed E-state index contributed by atoms with van der Waals surface area (Å²) in [5, 5.41) is 4.53. The Morgan fingerprint density at radius 1 is 0.873 bits per heavy atom. The van der Waals surface area contributed by atoms with Gasteiger partial charge in [-0.15, -0.1) is 0 Å². The van der Waals surface area contributed by atoms with Crippen LogP contribution in [-0.2, 0) is 49.3 Å². The molecular weight excluding hydrogens is 702 g/mol. The van der Waals surface area contributed by atoms with Crippen molar-refractivity contribution in [1.29, 1.82) is 0 Å². The van der Waals surface area contributed by atoms with E-state index < -0.39 is 54.5 Å². The molecule has 6 rings (SSSR count). The average Bonchev–Trinajstić information content (AvgIpc) is 3.50. The molecule has 1 N–H and O–H groups in total. The minimum absolute atomic E-state index is 0.295. The number of likely N-dealkylation sites (tertiary alicyclic amines) is 1. The van der Waals surface area contributed by atoms with Crippen LogP contribution in [0.15, 0.2) is 54.7 Å². The number of hydrogen-bond acceptors (Lipinski definition) is 11. The number of aromatic nitrogens is 1. The van der Waals surface area contributed by atoms with Crippen molar-refractivity contribution in [3.63, 3.8) is 0 Å². The molecule has 5 atom stereocenters. The molecule has 296 valence electrons. The van der Waals surface area contributed by atoms with Crippen LogP contribution in [0, 0.1) is 12.3 Å². The van der Waals surface area contributed by atoms with Crippen LogP contribution in [0.2, 0.25) is 0 Å². The first-order valence-electron chi connectivity index (χ1n) is 19.5. The highest BCUT2D eigenvalue weighted by Gasteiger charge is 2.53. The van der Waals surface area contributed by atoms with E-state index in [1.165, 1.54) is 66.5 Å². The van der Waals surface area contributed by atoms with Crippen molar-refractivity contribution in [2.75, 3.05) is 39.3 Å². The molecule has 0 amide bonds. The molecule has 0 aliphatic carbocycles. The summed E-state index contributed by atoms with van der Waals surface area (Å²) in [7, 11) is 0. The van der Waals surface area contributed by atoms with E-state index in [4.69, 9.17) is 23.7 Å². The molecule has 3 aliphatic heterocycles. The van der Waals surface area contributed by atoms with E-state index in [-0.39, 0.29) is 6.61 Å². The minimum atomic E-state index is -1.26. The van der Waals surface area contributed by atoms with Crippen LogP contribution < -0.4 is 5.32 Å². The van der Waals surface area contributed by atoms with Gasteiger partial charge in [-0.1, -0.05) is 48.6 Å². The van der Waals surface area contributed by atoms with Gasteiger partial charge in [-0.2, -0.15) is 0 Å². The zero-order chi connectivity index (χ0) is 39.1. The topological polar surface area (TPSA) is 135 Å². The summed E-state index contributed by atoms with van der Waals surface area (Å²) in [6.45, 7) is 12.5. The van der Waals surface area contributed by atoms with E-state index in [1.807, 2.05) is 35.9 Å². The van der Waals surface area contributed by atoms with Gasteiger partial charge in [0.25, 0.3) is 0 Å². The normalized spacial score (nSPS) is 24.1. The Labute approximate surface area is 323 Å². The van der Waals surface area contributed by atoms with Crippen LogP contribution in [0.4, 0.5) is 0 Å². The zero-order valence-electron chi connectivity index (χ0n) is 32.7. The lowest BCUT2D eigenvalue weighted by atomic mass is 9.73. The van der Waals surface area contributed by atoms with E-state index >= 15 is 0 Å². The standard InChI is InChI=1S/C43H55N3O9/c1-28-10-8-12-36-38(28)35(24-34-15-13-33(14-16-34)11-6-7-22-45-23-9-17-43(27-45)18-20-44-21-19-43)25-46(36)42-41(54-32(5)50)40(53-31(4)49)39(52-30(3)48)37(55-42)26-51-29(2)47/h6,8,10-16,25,37,39-42,44H,7,9,17-24,26-27H2,1-5H3/t37-,39-,40+,41-,42-/m1/s1. The molecule has 0 bridgehead atoms. The molecule has 55 heavy (non-hydrogen) atoms. The Bertz CT molecular complexity index is 1860. The lowest BCUT2D eigenvalue weighted by molar-refractivity contribution is -0.267. The van der Waals surface area contributed by atoms with Crippen molar-refractivity contribution >= 4 is 40.9 Å². The third-order valence-corrected chi connectivity index (χ3v) is 11.1. The molecule has 3 aromatic rings. The van der Waals surface area contributed by atoms with Crippen molar-refractivity contribution in [3.05, 3.63) is 77.0 Å². The summed E-state index contributed by atoms with van der Waals surface area (Å²) >= 11 is 0. The van der Waals surface area contributed by atoms with E-state index in [2.05, 4.69) is 46.6 Å². The molecule has 0 radical (unpaired) electrons. The third kappa shape index (κ3) is 10.0. The van der Waals surface area contributed by atoms with Crippen LogP contribution in [0.3, 0.4) is 0 Å². The number of piperidine rings is 2. The predicted molar refractivity (Wildman–Crippen MR) is 207 cm³/mol. The summed E-state index contributed by atoms with van der Waals surface area (Å²) in [5.74, 6) is -2.56. The molecule has 12 heteroatoms. The number of fused-ring (bicyclic) bond motifs is 1. The second kappa shape index (κ2) is 18.0. The monoisotopic (exact) mass is 757 g/mol. The van der Waals surface area contributed by atoms with E-state index in [0.717, 1.165) is 59.2 Å². The van der Waals surface area contributed by atoms with Crippen LogP contribution in [0.5, 0.6) is 0 Å². The third-order valence-electron chi connectivity index (χ3n) is 11.1. The maximum absolute atomic E-state index is 12.5. The highest BCUT2D eigenvalue weighted by atomic mass is 16.7. The van der Waals surface area contributed by atoms with Gasteiger partial charge in [0.05, 0.1) is 5.52 Å². The predicted octanol–water partition coefficient (Wildman–Crippen LogP) is 5.67. The number of nitrogens with one attached hydrogen (secondary N) is 1. The Kier molecular flexibility index (Phi) is 13.1. The number of hydrogen-bond donors (Lipinski definition) is 1. The second-order valence-corrected chi connectivity index (χ2v) is 15.4. The zero-order valence-corrected chi connectivity index (χ0v) is 32.7. The smallest absolute Gasteiger partial charge is 0.303 e. The summed E-state index contributed by atoms with van der Waals surface area (Å²) in [6, 6.07) is 14.5. The van der Waals surface area contributed by atoms with Gasteiger partial charge >= 0.3 is 23.9 Å². The lowest BCUT2D eigenvalue weighted by Gasteiger charge is -2.45. The lowest BCUT2D eigenvalue weighted by Crippen LogP contribution is -2.60. The van der Waals surface area contributed by atoms with E-state index in [1.54, 1.807) is 0 Å². The number of rotatable bonds is 12. The van der Waals surface area contributed by atoms with Gasteiger partial charge in [-0.3, -0.25) is 19.2 Å². The molecule has 3 fully saturated rings. The fourth-order valence-electron chi connectivity index (χ4n) is 8.67. The highest BCUT2D eigenvalue weighted by molar-refractivity contribution is 5.87. The summed E-state index contributed by atoms with van der Waals surface area (Å²) in [6.07, 6.45) is 7.53. The first kappa shape index (κ1) is 40.2. The van der Waals surface area contributed by atoms with Gasteiger partial charge < -0.3 is 38.5 Å². The fraction of sp³-hybridized carbons (Fsp3) is 0.535.